The quantitative estimate of drug-likeness (QED) is 0.751. The van der Waals surface area contributed by atoms with Gasteiger partial charge in [-0.1, -0.05) is 12.1 Å². The molecule has 0 atom stereocenters. The lowest BCUT2D eigenvalue weighted by Gasteiger charge is -2.43. The molecule has 0 bridgehead atoms. The van der Waals surface area contributed by atoms with Crippen molar-refractivity contribution in [3.8, 4) is 17.0 Å². The number of amides is 1. The van der Waals surface area contributed by atoms with Crippen molar-refractivity contribution in [3.63, 3.8) is 0 Å². The molecule has 1 spiro atoms. The Morgan fingerprint density at radius 3 is 2.81 bits per heavy atom. The highest BCUT2D eigenvalue weighted by molar-refractivity contribution is 5.73. The number of fused-ring (bicyclic) bond motifs is 4. The largest absolute Gasteiger partial charge is 0.482 e. The van der Waals surface area contributed by atoms with E-state index in [4.69, 9.17) is 4.74 Å². The summed E-state index contributed by atoms with van der Waals surface area (Å²) in [6.45, 7) is 1.44. The highest BCUT2D eigenvalue weighted by Gasteiger charge is 2.44. The predicted molar refractivity (Wildman–Crippen MR) is 77.8 cm³/mol. The monoisotopic (exact) mass is 283 g/mol. The predicted octanol–water partition coefficient (Wildman–Crippen LogP) is 1.93. The van der Waals surface area contributed by atoms with E-state index in [1.165, 1.54) is 0 Å². The van der Waals surface area contributed by atoms with Crippen molar-refractivity contribution in [2.24, 2.45) is 7.05 Å². The van der Waals surface area contributed by atoms with E-state index in [9.17, 15) is 4.79 Å². The number of para-hydroxylation sites is 1. The highest BCUT2D eigenvalue weighted by Crippen LogP contribution is 2.49. The second-order valence-electron chi connectivity index (χ2n) is 5.76. The SMILES string of the molecule is Cn1ncc2c1-c1ccccc1OC21CCN(C=O)CC1. The zero-order valence-corrected chi connectivity index (χ0v) is 12.0. The Morgan fingerprint density at radius 2 is 2.05 bits per heavy atom. The fraction of sp³-hybridized carbons (Fsp3) is 0.375. The summed E-state index contributed by atoms with van der Waals surface area (Å²) in [6.07, 6.45) is 4.45. The second kappa shape index (κ2) is 4.35. The number of hydrogen-bond acceptors (Lipinski definition) is 3. The van der Waals surface area contributed by atoms with Crippen LogP contribution in [-0.4, -0.2) is 34.2 Å². The summed E-state index contributed by atoms with van der Waals surface area (Å²) < 4.78 is 8.32. The molecule has 0 saturated carbocycles. The maximum Gasteiger partial charge on any atom is 0.209 e. The van der Waals surface area contributed by atoms with E-state index >= 15 is 0 Å². The molecule has 2 aromatic rings. The Morgan fingerprint density at radius 1 is 1.29 bits per heavy atom. The Bertz CT molecular complexity index is 699. The van der Waals surface area contributed by atoms with E-state index in [2.05, 4.69) is 11.2 Å². The lowest BCUT2D eigenvalue weighted by Crippen LogP contribution is -2.46. The van der Waals surface area contributed by atoms with Gasteiger partial charge in [-0.15, -0.1) is 0 Å². The average molecular weight is 283 g/mol. The molecule has 1 fully saturated rings. The third-order valence-electron chi connectivity index (χ3n) is 4.63. The molecule has 0 aliphatic carbocycles. The number of ether oxygens (including phenoxy) is 1. The smallest absolute Gasteiger partial charge is 0.209 e. The van der Waals surface area contributed by atoms with Crippen LogP contribution in [0.4, 0.5) is 0 Å². The van der Waals surface area contributed by atoms with Gasteiger partial charge in [-0.2, -0.15) is 5.10 Å². The minimum atomic E-state index is -0.350. The third kappa shape index (κ3) is 1.70. The molecule has 5 heteroatoms. The van der Waals surface area contributed by atoms with Crippen LogP contribution >= 0.6 is 0 Å². The topological polar surface area (TPSA) is 47.4 Å². The fourth-order valence-corrected chi connectivity index (χ4v) is 3.47. The first-order chi connectivity index (χ1) is 10.2. The lowest BCUT2D eigenvalue weighted by molar-refractivity contribution is -0.121. The van der Waals surface area contributed by atoms with Crippen molar-refractivity contribution < 1.29 is 9.53 Å². The Labute approximate surface area is 123 Å². The van der Waals surface area contributed by atoms with Crippen molar-refractivity contribution in [1.29, 1.82) is 0 Å². The van der Waals surface area contributed by atoms with Gasteiger partial charge in [0.15, 0.2) is 0 Å². The number of piperidine rings is 1. The number of carbonyl (C=O) groups is 1. The van der Waals surface area contributed by atoms with Gasteiger partial charge in [0, 0.05) is 44.1 Å². The molecule has 1 aromatic carbocycles. The number of nitrogens with zero attached hydrogens (tertiary/aromatic N) is 3. The van der Waals surface area contributed by atoms with Gasteiger partial charge in [0.25, 0.3) is 0 Å². The molecule has 3 heterocycles. The zero-order chi connectivity index (χ0) is 14.4. The number of benzene rings is 1. The van der Waals surface area contributed by atoms with Gasteiger partial charge >= 0.3 is 0 Å². The standard InChI is InChI=1S/C16H17N3O2/c1-18-15-12-4-2-3-5-14(12)21-16(13(15)10-17-18)6-8-19(11-20)9-7-16/h2-5,10-11H,6-9H2,1H3. The maximum absolute atomic E-state index is 10.9. The van der Waals surface area contributed by atoms with Crippen molar-refractivity contribution in [2.45, 2.75) is 18.4 Å². The number of hydrogen-bond donors (Lipinski definition) is 0. The Kier molecular flexibility index (Phi) is 2.58. The summed E-state index contributed by atoms with van der Waals surface area (Å²) in [5.41, 5.74) is 3.03. The molecule has 2 aliphatic heterocycles. The van der Waals surface area contributed by atoms with Crippen molar-refractivity contribution >= 4 is 6.41 Å². The normalized spacial score (nSPS) is 18.8. The summed E-state index contributed by atoms with van der Waals surface area (Å²) >= 11 is 0. The van der Waals surface area contributed by atoms with Crippen LogP contribution in [0.2, 0.25) is 0 Å². The van der Waals surface area contributed by atoms with Gasteiger partial charge in [0.2, 0.25) is 6.41 Å². The van der Waals surface area contributed by atoms with Crippen LogP contribution in [0.15, 0.2) is 30.5 Å². The molecule has 1 saturated heterocycles. The molecular weight excluding hydrogens is 266 g/mol. The molecule has 1 aromatic heterocycles. The van der Waals surface area contributed by atoms with E-state index in [1.807, 2.05) is 41.0 Å². The van der Waals surface area contributed by atoms with Gasteiger partial charge in [0.1, 0.15) is 11.4 Å². The number of aromatic nitrogens is 2. The molecule has 4 rings (SSSR count). The first kappa shape index (κ1) is 12.4. The van der Waals surface area contributed by atoms with Crippen LogP contribution in [0.5, 0.6) is 5.75 Å². The molecule has 5 nitrogen and oxygen atoms in total. The molecule has 108 valence electrons. The van der Waals surface area contributed by atoms with Crippen molar-refractivity contribution in [2.75, 3.05) is 13.1 Å². The van der Waals surface area contributed by atoms with E-state index in [1.54, 1.807) is 0 Å². The molecule has 0 radical (unpaired) electrons. The number of likely N-dealkylation sites (tertiary alicyclic amines) is 1. The van der Waals surface area contributed by atoms with E-state index in [0.717, 1.165) is 54.9 Å². The number of aryl methyl sites for hydroxylation is 1. The number of rotatable bonds is 1. The van der Waals surface area contributed by atoms with Crippen LogP contribution in [0.3, 0.4) is 0 Å². The van der Waals surface area contributed by atoms with Gasteiger partial charge in [-0.25, -0.2) is 0 Å². The third-order valence-corrected chi connectivity index (χ3v) is 4.63. The first-order valence-corrected chi connectivity index (χ1v) is 7.24. The molecule has 0 unspecified atom stereocenters. The van der Waals surface area contributed by atoms with Gasteiger partial charge in [-0.05, 0) is 12.1 Å². The van der Waals surface area contributed by atoms with Gasteiger partial charge in [0.05, 0.1) is 11.9 Å². The summed E-state index contributed by atoms with van der Waals surface area (Å²) in [4.78, 5) is 12.8. The summed E-state index contributed by atoms with van der Waals surface area (Å²) in [6, 6.07) is 8.10. The van der Waals surface area contributed by atoms with Crippen LogP contribution in [0.25, 0.3) is 11.3 Å². The minimum absolute atomic E-state index is 0.350. The second-order valence-corrected chi connectivity index (χ2v) is 5.76. The number of carbonyl (C=O) groups excluding carboxylic acids is 1. The molecule has 2 aliphatic rings. The van der Waals surface area contributed by atoms with Gasteiger partial charge in [-0.3, -0.25) is 9.48 Å². The average Bonchev–Trinajstić information content (AvgIpc) is 2.92. The van der Waals surface area contributed by atoms with Gasteiger partial charge < -0.3 is 9.64 Å². The lowest BCUT2D eigenvalue weighted by atomic mass is 9.81. The zero-order valence-electron chi connectivity index (χ0n) is 12.0. The van der Waals surface area contributed by atoms with Crippen molar-refractivity contribution in [3.05, 3.63) is 36.0 Å². The van der Waals surface area contributed by atoms with E-state index < -0.39 is 0 Å². The molecule has 21 heavy (non-hydrogen) atoms. The Hall–Kier alpha value is -2.30. The summed E-state index contributed by atoms with van der Waals surface area (Å²) in [5.74, 6) is 0.910. The minimum Gasteiger partial charge on any atom is -0.482 e. The summed E-state index contributed by atoms with van der Waals surface area (Å²) in [5, 5.41) is 4.44. The van der Waals surface area contributed by atoms with Crippen LogP contribution in [-0.2, 0) is 17.4 Å². The van der Waals surface area contributed by atoms with Crippen molar-refractivity contribution in [1.82, 2.24) is 14.7 Å². The van der Waals surface area contributed by atoms with Crippen LogP contribution in [0, 0.1) is 0 Å². The van der Waals surface area contributed by atoms with Crippen LogP contribution in [0.1, 0.15) is 18.4 Å². The van der Waals surface area contributed by atoms with E-state index in [-0.39, 0.29) is 5.60 Å². The first-order valence-electron chi connectivity index (χ1n) is 7.24. The summed E-state index contributed by atoms with van der Waals surface area (Å²) in [7, 11) is 1.97. The van der Waals surface area contributed by atoms with E-state index in [0.29, 0.717) is 0 Å². The van der Waals surface area contributed by atoms with Crippen LogP contribution < -0.4 is 4.74 Å². The fourth-order valence-electron chi connectivity index (χ4n) is 3.47. The maximum atomic E-state index is 10.9. The highest BCUT2D eigenvalue weighted by atomic mass is 16.5. The Balaban J connectivity index is 1.84. The molecule has 0 N–H and O–H groups in total. The molecule has 1 amide bonds. The molecular formula is C16H17N3O2.